The van der Waals surface area contributed by atoms with E-state index in [2.05, 4.69) is 15.5 Å². The number of nitrogens with zero attached hydrogens (tertiary/aromatic N) is 2. The van der Waals surface area contributed by atoms with Crippen molar-refractivity contribution in [1.82, 2.24) is 10.2 Å². The summed E-state index contributed by atoms with van der Waals surface area (Å²) in [6.45, 7) is 1.98. The number of H-pyrrole nitrogens is 1. The van der Waals surface area contributed by atoms with Gasteiger partial charge in [-0.1, -0.05) is 0 Å². The van der Waals surface area contributed by atoms with Crippen LogP contribution in [0.15, 0.2) is 36.5 Å². The normalized spacial score (nSPS) is 12.1. The molecular weight excluding hydrogens is 220 g/mol. The summed E-state index contributed by atoms with van der Waals surface area (Å²) < 4.78 is 0. The Bertz CT molecular complexity index is 493. The molecule has 0 fully saturated rings. The van der Waals surface area contributed by atoms with Gasteiger partial charge in [-0.05, 0) is 25.1 Å². The standard InChI is InChI=1S/C11H12N4O2/c1-8(11-6-7-12-14-11)13-9-2-4-10(5-3-9)15(16)17/h2-8,13H,1H3,(H,12,14). The first-order valence-electron chi connectivity index (χ1n) is 5.17. The Hall–Kier alpha value is -2.37. The zero-order valence-electron chi connectivity index (χ0n) is 9.25. The van der Waals surface area contributed by atoms with Gasteiger partial charge in [-0.2, -0.15) is 5.10 Å². The predicted octanol–water partition coefficient (Wildman–Crippen LogP) is 2.49. The molecule has 1 unspecified atom stereocenters. The highest BCUT2D eigenvalue weighted by Crippen LogP contribution is 2.20. The third-order valence-corrected chi connectivity index (χ3v) is 2.45. The topological polar surface area (TPSA) is 83.8 Å². The quantitative estimate of drug-likeness (QED) is 0.626. The Balaban J connectivity index is 2.06. The lowest BCUT2D eigenvalue weighted by atomic mass is 10.2. The molecule has 2 N–H and O–H groups in total. The molecule has 0 aliphatic heterocycles. The molecule has 0 aliphatic rings. The maximum atomic E-state index is 10.5. The van der Waals surface area contributed by atoms with E-state index in [1.165, 1.54) is 12.1 Å². The van der Waals surface area contributed by atoms with E-state index in [4.69, 9.17) is 0 Å². The lowest BCUT2D eigenvalue weighted by Gasteiger charge is -2.13. The van der Waals surface area contributed by atoms with Gasteiger partial charge in [-0.15, -0.1) is 0 Å². The largest absolute Gasteiger partial charge is 0.377 e. The molecule has 0 amide bonds. The molecule has 6 heteroatoms. The van der Waals surface area contributed by atoms with Gasteiger partial charge in [0.15, 0.2) is 0 Å². The third kappa shape index (κ3) is 2.60. The second-order valence-corrected chi connectivity index (χ2v) is 3.68. The summed E-state index contributed by atoms with van der Waals surface area (Å²) in [7, 11) is 0. The fraction of sp³-hybridized carbons (Fsp3) is 0.182. The van der Waals surface area contributed by atoms with Gasteiger partial charge < -0.3 is 5.32 Å². The number of aromatic amines is 1. The van der Waals surface area contributed by atoms with Gasteiger partial charge in [0.2, 0.25) is 0 Å². The number of nitrogens with one attached hydrogen (secondary N) is 2. The van der Waals surface area contributed by atoms with E-state index >= 15 is 0 Å². The zero-order valence-corrected chi connectivity index (χ0v) is 9.25. The van der Waals surface area contributed by atoms with Gasteiger partial charge in [0.25, 0.3) is 5.69 Å². The van der Waals surface area contributed by atoms with Crippen LogP contribution in [-0.4, -0.2) is 15.1 Å². The molecule has 17 heavy (non-hydrogen) atoms. The van der Waals surface area contributed by atoms with E-state index in [0.717, 1.165) is 11.4 Å². The molecule has 1 atom stereocenters. The van der Waals surface area contributed by atoms with E-state index < -0.39 is 4.92 Å². The van der Waals surface area contributed by atoms with Crippen molar-refractivity contribution in [2.45, 2.75) is 13.0 Å². The minimum atomic E-state index is -0.415. The second-order valence-electron chi connectivity index (χ2n) is 3.68. The molecule has 6 nitrogen and oxygen atoms in total. The summed E-state index contributed by atoms with van der Waals surface area (Å²) in [4.78, 5) is 10.1. The first-order valence-corrected chi connectivity index (χ1v) is 5.17. The first kappa shape index (κ1) is 11.1. The molecule has 0 radical (unpaired) electrons. The lowest BCUT2D eigenvalue weighted by molar-refractivity contribution is -0.384. The fourth-order valence-electron chi connectivity index (χ4n) is 1.51. The average Bonchev–Trinajstić information content (AvgIpc) is 2.83. The molecule has 2 rings (SSSR count). The highest BCUT2D eigenvalue weighted by Gasteiger charge is 2.08. The van der Waals surface area contributed by atoms with Gasteiger partial charge in [0.05, 0.1) is 16.7 Å². The van der Waals surface area contributed by atoms with Crippen molar-refractivity contribution in [1.29, 1.82) is 0 Å². The van der Waals surface area contributed by atoms with Crippen molar-refractivity contribution in [2.24, 2.45) is 0 Å². The summed E-state index contributed by atoms with van der Waals surface area (Å²) in [5.41, 5.74) is 1.88. The molecular formula is C11H12N4O2. The van der Waals surface area contributed by atoms with Crippen molar-refractivity contribution < 1.29 is 4.92 Å². The summed E-state index contributed by atoms with van der Waals surface area (Å²) >= 11 is 0. The molecule has 88 valence electrons. The third-order valence-electron chi connectivity index (χ3n) is 2.45. The van der Waals surface area contributed by atoms with Crippen LogP contribution in [0.5, 0.6) is 0 Å². The van der Waals surface area contributed by atoms with Crippen molar-refractivity contribution in [3.8, 4) is 0 Å². The Morgan fingerprint density at radius 3 is 2.59 bits per heavy atom. The van der Waals surface area contributed by atoms with Crippen molar-refractivity contribution in [3.05, 3.63) is 52.3 Å². The highest BCUT2D eigenvalue weighted by atomic mass is 16.6. The van der Waals surface area contributed by atoms with Crippen LogP contribution < -0.4 is 5.32 Å². The van der Waals surface area contributed by atoms with Crippen LogP contribution in [0.1, 0.15) is 18.7 Å². The summed E-state index contributed by atoms with van der Waals surface area (Å²) in [5.74, 6) is 0. The number of hydrogen-bond acceptors (Lipinski definition) is 4. The number of non-ortho nitro benzene ring substituents is 1. The molecule has 1 heterocycles. The number of nitro groups is 1. The van der Waals surface area contributed by atoms with E-state index in [-0.39, 0.29) is 11.7 Å². The van der Waals surface area contributed by atoms with Crippen molar-refractivity contribution >= 4 is 11.4 Å². The Kier molecular flexibility index (Phi) is 3.04. The summed E-state index contributed by atoms with van der Waals surface area (Å²) in [5, 5.41) is 20.4. The van der Waals surface area contributed by atoms with Gasteiger partial charge in [0, 0.05) is 24.0 Å². The van der Waals surface area contributed by atoms with Gasteiger partial charge in [-0.3, -0.25) is 15.2 Å². The summed E-state index contributed by atoms with van der Waals surface area (Å²) in [6, 6.07) is 8.27. The minimum Gasteiger partial charge on any atom is -0.377 e. The molecule has 0 aliphatic carbocycles. The zero-order chi connectivity index (χ0) is 12.3. The van der Waals surface area contributed by atoms with E-state index in [1.807, 2.05) is 13.0 Å². The summed E-state index contributed by atoms with van der Waals surface area (Å²) in [6.07, 6.45) is 1.68. The number of aromatic nitrogens is 2. The smallest absolute Gasteiger partial charge is 0.269 e. The maximum Gasteiger partial charge on any atom is 0.269 e. The van der Waals surface area contributed by atoms with Crippen LogP contribution in [0.2, 0.25) is 0 Å². The second kappa shape index (κ2) is 4.65. The van der Waals surface area contributed by atoms with Crippen molar-refractivity contribution in [3.63, 3.8) is 0 Å². The minimum absolute atomic E-state index is 0.0685. The van der Waals surface area contributed by atoms with Gasteiger partial charge in [-0.25, -0.2) is 0 Å². The van der Waals surface area contributed by atoms with Crippen LogP contribution in [0.4, 0.5) is 11.4 Å². The lowest BCUT2D eigenvalue weighted by Crippen LogP contribution is -2.06. The number of nitro benzene ring substituents is 1. The van der Waals surface area contributed by atoms with E-state index in [9.17, 15) is 10.1 Å². The predicted molar refractivity (Wildman–Crippen MR) is 63.7 cm³/mol. The SMILES string of the molecule is CC(Nc1ccc([N+](=O)[O-])cc1)c1ccn[nH]1. The molecule has 1 aromatic carbocycles. The fourth-order valence-corrected chi connectivity index (χ4v) is 1.51. The molecule has 0 spiro atoms. The van der Waals surface area contributed by atoms with Gasteiger partial charge in [0.1, 0.15) is 0 Å². The molecule has 0 bridgehead atoms. The Morgan fingerprint density at radius 2 is 2.06 bits per heavy atom. The Labute approximate surface area is 97.8 Å². The van der Waals surface area contributed by atoms with Crippen LogP contribution in [-0.2, 0) is 0 Å². The number of anilines is 1. The first-order chi connectivity index (χ1) is 8.16. The monoisotopic (exact) mass is 232 g/mol. The maximum absolute atomic E-state index is 10.5. The van der Waals surface area contributed by atoms with Crippen LogP contribution in [0, 0.1) is 10.1 Å². The molecule has 1 aromatic heterocycles. The highest BCUT2D eigenvalue weighted by molar-refractivity contribution is 5.49. The molecule has 2 aromatic rings. The van der Waals surface area contributed by atoms with Crippen LogP contribution in [0.3, 0.4) is 0 Å². The number of hydrogen-bond donors (Lipinski definition) is 2. The number of rotatable bonds is 4. The molecule has 0 saturated carbocycles. The van der Waals surface area contributed by atoms with Crippen molar-refractivity contribution in [2.75, 3.05) is 5.32 Å². The van der Waals surface area contributed by atoms with Crippen LogP contribution >= 0.6 is 0 Å². The average molecular weight is 232 g/mol. The molecule has 0 saturated heterocycles. The van der Waals surface area contributed by atoms with Crippen LogP contribution in [0.25, 0.3) is 0 Å². The number of benzene rings is 1. The van der Waals surface area contributed by atoms with E-state index in [0.29, 0.717) is 0 Å². The van der Waals surface area contributed by atoms with E-state index in [1.54, 1.807) is 18.3 Å². The van der Waals surface area contributed by atoms with Gasteiger partial charge >= 0.3 is 0 Å². The Morgan fingerprint density at radius 1 is 1.35 bits per heavy atom.